The van der Waals surface area contributed by atoms with Gasteiger partial charge in [0.25, 0.3) is 5.91 Å². The summed E-state index contributed by atoms with van der Waals surface area (Å²) in [5.41, 5.74) is 0. The van der Waals surface area contributed by atoms with Crippen molar-refractivity contribution >= 4 is 11.9 Å². The van der Waals surface area contributed by atoms with Gasteiger partial charge in [-0.05, 0) is 31.4 Å². The lowest BCUT2D eigenvalue weighted by Gasteiger charge is -2.36. The Balaban J connectivity index is 2.13. The summed E-state index contributed by atoms with van der Waals surface area (Å²) in [6.45, 7) is 0.126. The Bertz CT molecular complexity index is 449. The van der Waals surface area contributed by atoms with Crippen LogP contribution in [0.5, 0.6) is 0 Å². The van der Waals surface area contributed by atoms with Gasteiger partial charge in [0.05, 0.1) is 6.61 Å². The first-order chi connectivity index (χ1) is 8.63. The summed E-state index contributed by atoms with van der Waals surface area (Å²) in [6, 6.07) is 2.74. The van der Waals surface area contributed by atoms with Crippen LogP contribution in [-0.2, 0) is 0 Å². The van der Waals surface area contributed by atoms with E-state index in [0.29, 0.717) is 0 Å². The van der Waals surface area contributed by atoms with Gasteiger partial charge in [0, 0.05) is 12.6 Å². The summed E-state index contributed by atoms with van der Waals surface area (Å²) < 4.78 is 4.98. The smallest absolute Gasteiger partial charge is 0.371 e. The first kappa shape index (κ1) is 12.6. The van der Waals surface area contributed by atoms with E-state index in [1.54, 1.807) is 4.90 Å². The Kier molecular flexibility index (Phi) is 3.66. The minimum atomic E-state index is -1.20. The fourth-order valence-electron chi connectivity index (χ4n) is 1.97. The Morgan fingerprint density at radius 3 is 2.44 bits per heavy atom. The molecule has 0 aromatic carbocycles. The van der Waals surface area contributed by atoms with Crippen molar-refractivity contribution in [2.24, 2.45) is 0 Å². The van der Waals surface area contributed by atoms with Crippen LogP contribution in [0.2, 0.25) is 0 Å². The molecule has 0 saturated heterocycles. The van der Waals surface area contributed by atoms with Gasteiger partial charge in [-0.25, -0.2) is 4.79 Å². The third-order valence-corrected chi connectivity index (χ3v) is 3.14. The van der Waals surface area contributed by atoms with Crippen molar-refractivity contribution in [1.82, 2.24) is 4.90 Å². The SMILES string of the molecule is O=C(O)c1ccc(C(=O)N(CCO)C2CCC2)o1. The van der Waals surface area contributed by atoms with Crippen LogP contribution in [-0.4, -0.2) is 46.2 Å². The topological polar surface area (TPSA) is 91.0 Å². The molecule has 1 aromatic heterocycles. The molecule has 1 fully saturated rings. The van der Waals surface area contributed by atoms with Crippen molar-refractivity contribution in [3.63, 3.8) is 0 Å². The van der Waals surface area contributed by atoms with Crippen molar-refractivity contribution in [1.29, 1.82) is 0 Å². The Morgan fingerprint density at radius 1 is 1.33 bits per heavy atom. The number of aliphatic hydroxyl groups excluding tert-OH is 1. The zero-order valence-electron chi connectivity index (χ0n) is 9.83. The quantitative estimate of drug-likeness (QED) is 0.815. The van der Waals surface area contributed by atoms with E-state index in [-0.39, 0.29) is 36.6 Å². The monoisotopic (exact) mass is 253 g/mol. The number of carboxylic acids is 1. The molecule has 2 N–H and O–H groups in total. The number of carboxylic acid groups (broad SMARTS) is 1. The molecule has 6 heteroatoms. The summed E-state index contributed by atoms with van der Waals surface area (Å²) in [6.07, 6.45) is 2.90. The molecule has 18 heavy (non-hydrogen) atoms. The van der Waals surface area contributed by atoms with E-state index in [0.717, 1.165) is 19.3 Å². The van der Waals surface area contributed by atoms with E-state index in [9.17, 15) is 9.59 Å². The molecule has 0 unspecified atom stereocenters. The van der Waals surface area contributed by atoms with Crippen LogP contribution in [0.15, 0.2) is 16.5 Å². The minimum Gasteiger partial charge on any atom is -0.475 e. The van der Waals surface area contributed by atoms with E-state index >= 15 is 0 Å². The van der Waals surface area contributed by atoms with Gasteiger partial charge in [-0.3, -0.25) is 4.79 Å². The van der Waals surface area contributed by atoms with Gasteiger partial charge >= 0.3 is 5.97 Å². The van der Waals surface area contributed by atoms with Crippen LogP contribution in [0, 0.1) is 0 Å². The van der Waals surface area contributed by atoms with Crippen LogP contribution in [0.4, 0.5) is 0 Å². The highest BCUT2D eigenvalue weighted by molar-refractivity contribution is 5.93. The maximum Gasteiger partial charge on any atom is 0.371 e. The first-order valence-electron chi connectivity index (χ1n) is 5.88. The molecular formula is C12H15NO5. The van der Waals surface area contributed by atoms with Crippen LogP contribution >= 0.6 is 0 Å². The number of furan rings is 1. The number of nitrogens with zero attached hydrogens (tertiary/aromatic N) is 1. The summed E-state index contributed by atoms with van der Waals surface area (Å²) in [4.78, 5) is 24.4. The second kappa shape index (κ2) is 5.22. The normalized spacial score (nSPS) is 15.2. The van der Waals surface area contributed by atoms with Crippen LogP contribution in [0.25, 0.3) is 0 Å². The molecule has 0 spiro atoms. The predicted octanol–water partition coefficient (Wildman–Crippen LogP) is 0.965. The van der Waals surface area contributed by atoms with Crippen molar-refractivity contribution in [3.05, 3.63) is 23.7 Å². The van der Waals surface area contributed by atoms with E-state index in [2.05, 4.69) is 0 Å². The molecule has 1 aromatic rings. The number of carbonyl (C=O) groups excluding carboxylic acids is 1. The molecule has 1 amide bonds. The highest BCUT2D eigenvalue weighted by Gasteiger charge is 2.30. The van der Waals surface area contributed by atoms with E-state index in [1.807, 2.05) is 0 Å². The number of hydrogen-bond acceptors (Lipinski definition) is 4. The molecular weight excluding hydrogens is 238 g/mol. The number of aliphatic hydroxyl groups is 1. The highest BCUT2D eigenvalue weighted by Crippen LogP contribution is 2.26. The number of amides is 1. The first-order valence-corrected chi connectivity index (χ1v) is 5.88. The van der Waals surface area contributed by atoms with Gasteiger partial charge in [0.1, 0.15) is 0 Å². The number of hydrogen-bond donors (Lipinski definition) is 2. The maximum atomic E-state index is 12.1. The van der Waals surface area contributed by atoms with Gasteiger partial charge in [-0.1, -0.05) is 0 Å². The molecule has 2 rings (SSSR count). The third kappa shape index (κ3) is 2.38. The van der Waals surface area contributed by atoms with Gasteiger partial charge in [-0.2, -0.15) is 0 Å². The van der Waals surface area contributed by atoms with Crippen LogP contribution < -0.4 is 0 Å². The summed E-state index contributed by atoms with van der Waals surface area (Å²) in [5, 5.41) is 17.7. The highest BCUT2D eigenvalue weighted by atomic mass is 16.4. The fourth-order valence-corrected chi connectivity index (χ4v) is 1.97. The molecule has 98 valence electrons. The lowest BCUT2D eigenvalue weighted by Crippen LogP contribution is -2.45. The number of carbonyl (C=O) groups is 2. The molecule has 0 aliphatic heterocycles. The zero-order chi connectivity index (χ0) is 13.1. The van der Waals surface area contributed by atoms with E-state index < -0.39 is 5.97 Å². The lowest BCUT2D eigenvalue weighted by atomic mass is 9.91. The number of aromatic carboxylic acids is 1. The Morgan fingerprint density at radius 2 is 2.00 bits per heavy atom. The fraction of sp³-hybridized carbons (Fsp3) is 0.500. The molecule has 0 bridgehead atoms. The lowest BCUT2D eigenvalue weighted by molar-refractivity contribution is 0.0489. The maximum absolute atomic E-state index is 12.1. The van der Waals surface area contributed by atoms with Gasteiger partial charge in [0.15, 0.2) is 5.76 Å². The van der Waals surface area contributed by atoms with E-state index in [1.165, 1.54) is 12.1 Å². The molecule has 1 saturated carbocycles. The van der Waals surface area contributed by atoms with Gasteiger partial charge in [-0.15, -0.1) is 0 Å². The molecule has 6 nitrogen and oxygen atoms in total. The third-order valence-electron chi connectivity index (χ3n) is 3.14. The van der Waals surface area contributed by atoms with Crippen molar-refractivity contribution < 1.29 is 24.2 Å². The average molecular weight is 253 g/mol. The molecule has 0 atom stereocenters. The van der Waals surface area contributed by atoms with Crippen molar-refractivity contribution in [2.45, 2.75) is 25.3 Å². The summed E-state index contributed by atoms with van der Waals surface area (Å²) in [7, 11) is 0. The Hall–Kier alpha value is -1.82. The predicted molar refractivity (Wildman–Crippen MR) is 61.4 cm³/mol. The molecule has 1 heterocycles. The van der Waals surface area contributed by atoms with Crippen LogP contribution in [0.3, 0.4) is 0 Å². The largest absolute Gasteiger partial charge is 0.475 e. The minimum absolute atomic E-state index is 0.00718. The molecule has 0 radical (unpaired) electrons. The molecule has 1 aliphatic carbocycles. The zero-order valence-corrected chi connectivity index (χ0v) is 9.83. The van der Waals surface area contributed by atoms with Gasteiger partial charge < -0.3 is 19.5 Å². The Labute approximate surface area is 104 Å². The van der Waals surface area contributed by atoms with Crippen molar-refractivity contribution in [3.8, 4) is 0 Å². The standard InChI is InChI=1S/C12H15NO5/c14-7-6-13(8-2-1-3-8)11(15)9-4-5-10(18-9)12(16)17/h4-5,8,14H,1-3,6-7H2,(H,16,17). The van der Waals surface area contributed by atoms with Crippen molar-refractivity contribution in [2.75, 3.05) is 13.2 Å². The second-order valence-corrected chi connectivity index (χ2v) is 4.28. The average Bonchev–Trinajstić information content (AvgIpc) is 2.74. The van der Waals surface area contributed by atoms with Gasteiger partial charge in [0.2, 0.25) is 5.76 Å². The van der Waals surface area contributed by atoms with E-state index in [4.69, 9.17) is 14.6 Å². The molecule has 1 aliphatic rings. The summed E-state index contributed by atoms with van der Waals surface area (Å²) in [5.74, 6) is -1.81. The van der Waals surface area contributed by atoms with Crippen LogP contribution in [0.1, 0.15) is 40.4 Å². The second-order valence-electron chi connectivity index (χ2n) is 4.28. The summed E-state index contributed by atoms with van der Waals surface area (Å²) >= 11 is 0. The number of rotatable bonds is 5.